The van der Waals surface area contributed by atoms with Gasteiger partial charge in [-0.05, 0) is 36.8 Å². The van der Waals surface area contributed by atoms with Crippen LogP contribution in [-0.4, -0.2) is 8.42 Å². The monoisotopic (exact) mass is 296 g/mol. The number of halogens is 1. The standard InChI is InChI=1S/C13H13ClN2O2S/c1-9-4-2-7-12(15)13(9)19(17,18)16-11-6-3-5-10(14)8-11/h2-8,16H,15H2,1H3. The molecule has 2 rings (SSSR count). The molecular formula is C13H13ClN2O2S. The molecule has 0 radical (unpaired) electrons. The van der Waals surface area contributed by atoms with Gasteiger partial charge in [0.1, 0.15) is 4.90 Å². The van der Waals surface area contributed by atoms with Crippen LogP contribution in [0.15, 0.2) is 47.4 Å². The number of nitrogen functional groups attached to an aromatic ring is 1. The number of rotatable bonds is 3. The highest BCUT2D eigenvalue weighted by Crippen LogP contribution is 2.25. The summed E-state index contributed by atoms with van der Waals surface area (Å²) in [5, 5.41) is 0.456. The van der Waals surface area contributed by atoms with Crippen molar-refractivity contribution in [2.75, 3.05) is 10.5 Å². The topological polar surface area (TPSA) is 72.2 Å². The van der Waals surface area contributed by atoms with Crippen molar-refractivity contribution < 1.29 is 8.42 Å². The van der Waals surface area contributed by atoms with E-state index in [1.807, 2.05) is 0 Å². The van der Waals surface area contributed by atoms with E-state index >= 15 is 0 Å². The SMILES string of the molecule is Cc1cccc(N)c1S(=O)(=O)Nc1cccc(Cl)c1. The lowest BCUT2D eigenvalue weighted by atomic mass is 10.2. The van der Waals surface area contributed by atoms with Crippen molar-refractivity contribution in [3.8, 4) is 0 Å². The van der Waals surface area contributed by atoms with Gasteiger partial charge in [0.05, 0.1) is 11.4 Å². The van der Waals surface area contributed by atoms with Gasteiger partial charge in [0.2, 0.25) is 0 Å². The van der Waals surface area contributed by atoms with E-state index in [1.54, 1.807) is 43.3 Å². The number of sulfonamides is 1. The van der Waals surface area contributed by atoms with Crippen molar-refractivity contribution in [1.29, 1.82) is 0 Å². The van der Waals surface area contributed by atoms with Crippen molar-refractivity contribution in [1.82, 2.24) is 0 Å². The summed E-state index contributed by atoms with van der Waals surface area (Å²) >= 11 is 5.82. The number of anilines is 2. The van der Waals surface area contributed by atoms with Crippen LogP contribution in [0.3, 0.4) is 0 Å². The maximum absolute atomic E-state index is 12.3. The Morgan fingerprint density at radius 1 is 1.16 bits per heavy atom. The molecule has 0 amide bonds. The van der Waals surface area contributed by atoms with E-state index in [-0.39, 0.29) is 10.6 Å². The molecule has 2 aromatic rings. The molecule has 0 atom stereocenters. The molecule has 0 fully saturated rings. The minimum absolute atomic E-state index is 0.0926. The first-order valence-corrected chi connectivity index (χ1v) is 7.40. The summed E-state index contributed by atoms with van der Waals surface area (Å²) in [7, 11) is -3.73. The first kappa shape index (κ1) is 13.7. The largest absolute Gasteiger partial charge is 0.398 e. The second kappa shape index (κ2) is 5.11. The van der Waals surface area contributed by atoms with E-state index in [4.69, 9.17) is 17.3 Å². The average molecular weight is 297 g/mol. The van der Waals surface area contributed by atoms with Crippen LogP contribution < -0.4 is 10.5 Å². The lowest BCUT2D eigenvalue weighted by molar-refractivity contribution is 0.601. The summed E-state index contributed by atoms with van der Waals surface area (Å²) in [6.07, 6.45) is 0. The van der Waals surface area contributed by atoms with Gasteiger partial charge in [-0.15, -0.1) is 0 Å². The normalized spacial score (nSPS) is 11.3. The van der Waals surface area contributed by atoms with E-state index in [0.717, 1.165) is 0 Å². The lowest BCUT2D eigenvalue weighted by Gasteiger charge is -2.12. The van der Waals surface area contributed by atoms with Crippen molar-refractivity contribution in [3.63, 3.8) is 0 Å². The number of nitrogens with one attached hydrogen (secondary N) is 1. The third-order valence-electron chi connectivity index (χ3n) is 2.59. The number of hydrogen-bond acceptors (Lipinski definition) is 3. The fourth-order valence-corrected chi connectivity index (χ4v) is 3.40. The molecule has 0 aromatic heterocycles. The Morgan fingerprint density at radius 2 is 1.84 bits per heavy atom. The van der Waals surface area contributed by atoms with E-state index in [9.17, 15) is 8.42 Å². The second-order valence-electron chi connectivity index (χ2n) is 4.11. The van der Waals surface area contributed by atoms with E-state index < -0.39 is 10.0 Å². The molecule has 0 aliphatic heterocycles. The first-order valence-electron chi connectivity index (χ1n) is 5.53. The molecule has 0 aliphatic rings. The fourth-order valence-electron chi connectivity index (χ4n) is 1.80. The first-order chi connectivity index (χ1) is 8.90. The third kappa shape index (κ3) is 3.00. The van der Waals surface area contributed by atoms with Crippen molar-refractivity contribution in [3.05, 3.63) is 53.1 Å². The van der Waals surface area contributed by atoms with Crippen LogP contribution in [0, 0.1) is 6.92 Å². The number of benzene rings is 2. The van der Waals surface area contributed by atoms with Gasteiger partial charge in [0.15, 0.2) is 0 Å². The van der Waals surface area contributed by atoms with Gasteiger partial charge in [-0.1, -0.05) is 29.8 Å². The smallest absolute Gasteiger partial charge is 0.264 e. The number of hydrogen-bond donors (Lipinski definition) is 2. The molecule has 100 valence electrons. The Kier molecular flexibility index (Phi) is 3.68. The molecule has 6 heteroatoms. The Morgan fingerprint density at radius 3 is 2.47 bits per heavy atom. The maximum atomic E-state index is 12.3. The van der Waals surface area contributed by atoms with Crippen molar-refractivity contribution in [2.45, 2.75) is 11.8 Å². The van der Waals surface area contributed by atoms with Crippen LogP contribution in [0.4, 0.5) is 11.4 Å². The van der Waals surface area contributed by atoms with E-state index in [0.29, 0.717) is 16.3 Å². The van der Waals surface area contributed by atoms with Crippen LogP contribution in [0.25, 0.3) is 0 Å². The molecule has 4 nitrogen and oxygen atoms in total. The zero-order valence-corrected chi connectivity index (χ0v) is 11.8. The summed E-state index contributed by atoms with van der Waals surface area (Å²) in [6, 6.07) is 11.5. The second-order valence-corrected chi connectivity index (χ2v) is 6.16. The van der Waals surface area contributed by atoms with Crippen LogP contribution in [0.2, 0.25) is 5.02 Å². The summed E-state index contributed by atoms with van der Waals surface area (Å²) in [6.45, 7) is 1.70. The molecule has 0 saturated heterocycles. The molecule has 2 aromatic carbocycles. The fraction of sp³-hybridized carbons (Fsp3) is 0.0769. The molecule has 3 N–H and O–H groups in total. The Balaban J connectivity index is 2.44. The Bertz CT molecular complexity index is 694. The van der Waals surface area contributed by atoms with Gasteiger partial charge in [-0.3, -0.25) is 4.72 Å². The zero-order valence-electron chi connectivity index (χ0n) is 10.2. The van der Waals surface area contributed by atoms with Gasteiger partial charge in [-0.2, -0.15) is 0 Å². The van der Waals surface area contributed by atoms with Crippen molar-refractivity contribution >= 4 is 33.0 Å². The zero-order chi connectivity index (χ0) is 14.0. The van der Waals surface area contributed by atoms with Gasteiger partial charge < -0.3 is 5.73 Å². The Labute approximate surface area is 117 Å². The Hall–Kier alpha value is -1.72. The predicted octanol–water partition coefficient (Wildman–Crippen LogP) is 3.03. The van der Waals surface area contributed by atoms with Crippen LogP contribution in [-0.2, 0) is 10.0 Å². The molecule has 19 heavy (non-hydrogen) atoms. The molecule has 0 bridgehead atoms. The number of aryl methyl sites for hydroxylation is 1. The van der Waals surface area contributed by atoms with Gasteiger partial charge in [0, 0.05) is 5.02 Å². The van der Waals surface area contributed by atoms with E-state index in [1.165, 1.54) is 6.07 Å². The highest BCUT2D eigenvalue weighted by atomic mass is 35.5. The molecule has 0 aliphatic carbocycles. The maximum Gasteiger partial charge on any atom is 0.264 e. The predicted molar refractivity (Wildman–Crippen MR) is 77.9 cm³/mol. The van der Waals surface area contributed by atoms with Gasteiger partial charge in [-0.25, -0.2) is 8.42 Å². The summed E-state index contributed by atoms with van der Waals surface area (Å²) in [4.78, 5) is 0.0926. The van der Waals surface area contributed by atoms with E-state index in [2.05, 4.69) is 4.72 Å². The minimum atomic E-state index is -3.73. The molecular weight excluding hydrogens is 284 g/mol. The van der Waals surface area contributed by atoms with Crippen LogP contribution in [0.1, 0.15) is 5.56 Å². The van der Waals surface area contributed by atoms with Gasteiger partial charge in [0.25, 0.3) is 10.0 Å². The summed E-state index contributed by atoms with van der Waals surface area (Å²) < 4.78 is 27.1. The molecule has 0 saturated carbocycles. The van der Waals surface area contributed by atoms with Crippen molar-refractivity contribution in [2.24, 2.45) is 0 Å². The van der Waals surface area contributed by atoms with Gasteiger partial charge >= 0.3 is 0 Å². The lowest BCUT2D eigenvalue weighted by Crippen LogP contribution is -2.16. The molecule has 0 heterocycles. The number of nitrogens with two attached hydrogens (primary N) is 1. The van der Waals surface area contributed by atoms with Crippen LogP contribution >= 0.6 is 11.6 Å². The molecule has 0 spiro atoms. The quantitative estimate of drug-likeness (QED) is 0.855. The summed E-state index contributed by atoms with van der Waals surface area (Å²) in [5.74, 6) is 0. The third-order valence-corrected chi connectivity index (χ3v) is 4.42. The highest BCUT2D eigenvalue weighted by molar-refractivity contribution is 7.93. The molecule has 0 unspecified atom stereocenters. The average Bonchev–Trinajstić information content (AvgIpc) is 2.27. The minimum Gasteiger partial charge on any atom is -0.398 e. The van der Waals surface area contributed by atoms with Crippen LogP contribution in [0.5, 0.6) is 0 Å². The highest BCUT2D eigenvalue weighted by Gasteiger charge is 2.19. The summed E-state index contributed by atoms with van der Waals surface area (Å²) in [5.41, 5.74) is 6.95.